The molecule has 0 amide bonds. The number of carbonyl (C=O) groups is 1. The number of alkyl halides is 3. The van der Waals surface area contributed by atoms with Crippen molar-refractivity contribution in [3.63, 3.8) is 0 Å². The molecule has 0 aliphatic rings. The summed E-state index contributed by atoms with van der Waals surface area (Å²) in [5.41, 5.74) is -1.46. The molecule has 0 heterocycles. The summed E-state index contributed by atoms with van der Waals surface area (Å²) in [5, 5.41) is 16.5. The minimum absolute atomic E-state index is 0. The first-order chi connectivity index (χ1) is 5.84. The average Bonchev–Trinajstić information content (AvgIpc) is 2.03. The summed E-state index contributed by atoms with van der Waals surface area (Å²) in [7, 11) is 0.795. The van der Waals surface area contributed by atoms with Gasteiger partial charge in [-0.3, -0.25) is 0 Å². The maximum atomic E-state index is 11.7. The van der Waals surface area contributed by atoms with Crippen LogP contribution in [0.3, 0.4) is 0 Å². The second-order valence-electron chi connectivity index (χ2n) is 1.82. The van der Waals surface area contributed by atoms with Gasteiger partial charge in [0.25, 0.3) is 0 Å². The molecule has 0 aliphatic carbocycles. The molecular formula is C6H4F3NNaO3+. The number of aliphatic hydroxyl groups excluding tert-OH is 1. The summed E-state index contributed by atoms with van der Waals surface area (Å²) in [6.07, 6.45) is -5.13. The molecule has 72 valence electrons. The van der Waals surface area contributed by atoms with Gasteiger partial charge in [0.15, 0.2) is 5.57 Å². The van der Waals surface area contributed by atoms with E-state index in [-0.39, 0.29) is 29.6 Å². The second-order valence-corrected chi connectivity index (χ2v) is 1.82. The molecule has 0 aromatic heterocycles. The average molecular weight is 218 g/mol. The molecule has 1 N–H and O–H groups in total. The third-order valence-corrected chi connectivity index (χ3v) is 1.01. The van der Waals surface area contributed by atoms with Crippen molar-refractivity contribution in [2.24, 2.45) is 0 Å². The number of allylic oxidation sites excluding steroid dienone is 1. The predicted octanol–water partition coefficient (Wildman–Crippen LogP) is -1.94. The van der Waals surface area contributed by atoms with E-state index in [1.165, 1.54) is 0 Å². The third-order valence-electron chi connectivity index (χ3n) is 1.01. The Morgan fingerprint density at radius 2 is 1.93 bits per heavy atom. The molecule has 0 bridgehead atoms. The Kier molecular flexibility index (Phi) is 6.64. The van der Waals surface area contributed by atoms with E-state index in [9.17, 15) is 18.0 Å². The maximum absolute atomic E-state index is 11.7. The molecule has 0 saturated heterocycles. The van der Waals surface area contributed by atoms with Gasteiger partial charge >= 0.3 is 41.7 Å². The first kappa shape index (κ1) is 15.7. The zero-order valence-electron chi connectivity index (χ0n) is 7.34. The molecule has 0 aromatic carbocycles. The van der Waals surface area contributed by atoms with Gasteiger partial charge < -0.3 is 9.84 Å². The van der Waals surface area contributed by atoms with Crippen LogP contribution in [0.4, 0.5) is 13.2 Å². The summed E-state index contributed by atoms with van der Waals surface area (Å²) >= 11 is 0. The van der Waals surface area contributed by atoms with E-state index in [2.05, 4.69) is 4.74 Å². The number of hydrogen-bond donors (Lipinski definition) is 1. The van der Waals surface area contributed by atoms with Crippen LogP contribution in [0.5, 0.6) is 0 Å². The van der Waals surface area contributed by atoms with Crippen LogP contribution in [0.15, 0.2) is 11.3 Å². The van der Waals surface area contributed by atoms with E-state index < -0.39 is 23.5 Å². The van der Waals surface area contributed by atoms with E-state index in [0.29, 0.717) is 0 Å². The van der Waals surface area contributed by atoms with Crippen molar-refractivity contribution in [1.29, 1.82) is 5.26 Å². The van der Waals surface area contributed by atoms with E-state index in [4.69, 9.17) is 10.4 Å². The van der Waals surface area contributed by atoms with Gasteiger partial charge in [-0.2, -0.15) is 18.4 Å². The largest absolute Gasteiger partial charge is 1.00 e. The molecule has 4 nitrogen and oxygen atoms in total. The fourth-order valence-electron chi connectivity index (χ4n) is 0.439. The number of nitriles is 1. The fourth-order valence-corrected chi connectivity index (χ4v) is 0.439. The number of aliphatic hydroxyl groups is 1. The molecule has 0 atom stereocenters. The smallest absolute Gasteiger partial charge is 0.503 e. The zero-order chi connectivity index (χ0) is 10.6. The summed E-state index contributed by atoms with van der Waals surface area (Å²) in [6, 6.07) is 0.894. The van der Waals surface area contributed by atoms with Crippen LogP contribution in [0.2, 0.25) is 0 Å². The van der Waals surface area contributed by atoms with Crippen molar-refractivity contribution in [2.45, 2.75) is 6.18 Å². The van der Waals surface area contributed by atoms with E-state index in [1.54, 1.807) is 0 Å². The van der Waals surface area contributed by atoms with Crippen molar-refractivity contribution >= 4 is 5.97 Å². The Hall–Kier alpha value is -0.710. The van der Waals surface area contributed by atoms with Gasteiger partial charge in [0.05, 0.1) is 7.11 Å². The van der Waals surface area contributed by atoms with Crippen LogP contribution in [-0.4, -0.2) is 24.4 Å². The summed E-state index contributed by atoms with van der Waals surface area (Å²) in [4.78, 5) is 10.5. The zero-order valence-corrected chi connectivity index (χ0v) is 9.34. The number of nitrogens with zero attached hydrogens (tertiary/aromatic N) is 1. The van der Waals surface area contributed by atoms with Crippen LogP contribution in [-0.2, 0) is 9.53 Å². The van der Waals surface area contributed by atoms with Gasteiger partial charge in [-0.15, -0.1) is 0 Å². The summed E-state index contributed by atoms with van der Waals surface area (Å²) in [5.74, 6) is -3.78. The number of esters is 1. The van der Waals surface area contributed by atoms with Crippen molar-refractivity contribution < 1.29 is 57.4 Å². The van der Waals surface area contributed by atoms with Gasteiger partial charge in [0.2, 0.25) is 5.76 Å². The number of ether oxygens (including phenoxy) is 1. The van der Waals surface area contributed by atoms with Crippen LogP contribution in [0, 0.1) is 11.3 Å². The first-order valence-corrected chi connectivity index (χ1v) is 2.83. The Bertz CT molecular complexity index is 292. The normalized spacial score (nSPS) is 11.9. The topological polar surface area (TPSA) is 70.3 Å². The second kappa shape index (κ2) is 5.90. The van der Waals surface area contributed by atoms with E-state index in [0.717, 1.165) is 13.2 Å². The molecule has 0 aliphatic heterocycles. The van der Waals surface area contributed by atoms with E-state index in [1.807, 2.05) is 0 Å². The molecule has 14 heavy (non-hydrogen) atoms. The maximum Gasteiger partial charge on any atom is 1.00 e. The van der Waals surface area contributed by atoms with Gasteiger partial charge in [-0.05, 0) is 0 Å². The molecule has 0 aromatic rings. The van der Waals surface area contributed by atoms with Crippen LogP contribution < -0.4 is 29.6 Å². The third kappa shape index (κ3) is 4.00. The minimum atomic E-state index is -5.13. The predicted molar refractivity (Wildman–Crippen MR) is 33.3 cm³/mol. The summed E-state index contributed by atoms with van der Waals surface area (Å²) in [6.45, 7) is 0. The Morgan fingerprint density at radius 1 is 1.50 bits per heavy atom. The number of hydrogen-bond acceptors (Lipinski definition) is 4. The van der Waals surface area contributed by atoms with Crippen LogP contribution in [0.1, 0.15) is 0 Å². The minimum Gasteiger partial charge on any atom is -0.503 e. The first-order valence-electron chi connectivity index (χ1n) is 2.83. The summed E-state index contributed by atoms with van der Waals surface area (Å²) < 4.78 is 39.0. The molecular weight excluding hydrogens is 214 g/mol. The Labute approximate surface area is 99.2 Å². The monoisotopic (exact) mass is 218 g/mol. The van der Waals surface area contributed by atoms with Crippen molar-refractivity contribution in [3.05, 3.63) is 11.3 Å². The molecule has 0 radical (unpaired) electrons. The van der Waals surface area contributed by atoms with Crippen molar-refractivity contribution in [2.75, 3.05) is 7.11 Å². The quantitative estimate of drug-likeness (QED) is 0.183. The molecule has 8 heteroatoms. The molecule has 0 rings (SSSR count). The Balaban J connectivity index is 0. The molecule has 0 spiro atoms. The van der Waals surface area contributed by atoms with Gasteiger partial charge in [-0.1, -0.05) is 0 Å². The number of rotatable bonds is 1. The van der Waals surface area contributed by atoms with Crippen LogP contribution in [0.25, 0.3) is 0 Å². The Morgan fingerprint density at radius 3 is 2.14 bits per heavy atom. The molecule has 0 saturated carbocycles. The standard InChI is InChI=1S/C6H4F3NO3.Na/c1-13-5(12)3(2-10)4(11)6(7,8)9;/h11H,1H3;/q;+1/b4-3+;. The van der Waals surface area contributed by atoms with Crippen LogP contribution >= 0.6 is 0 Å². The fraction of sp³-hybridized carbons (Fsp3) is 0.333. The van der Waals surface area contributed by atoms with Gasteiger partial charge in [0, 0.05) is 0 Å². The number of carbonyl (C=O) groups excluding carboxylic acids is 1. The molecule has 0 fully saturated rings. The van der Waals surface area contributed by atoms with Crippen molar-refractivity contribution in [1.82, 2.24) is 0 Å². The van der Waals surface area contributed by atoms with Crippen molar-refractivity contribution in [3.8, 4) is 6.07 Å². The van der Waals surface area contributed by atoms with Gasteiger partial charge in [0.1, 0.15) is 6.07 Å². The van der Waals surface area contributed by atoms with E-state index >= 15 is 0 Å². The molecule has 0 unspecified atom stereocenters. The number of methoxy groups -OCH3 is 1. The number of halogens is 3. The van der Waals surface area contributed by atoms with Gasteiger partial charge in [-0.25, -0.2) is 4.79 Å². The SMILES string of the molecule is COC(=O)/C(C#N)=C(/O)C(F)(F)F.[Na+].